The van der Waals surface area contributed by atoms with Crippen LogP contribution in [0, 0.1) is 0 Å². The monoisotopic (exact) mass is 180 g/mol. The van der Waals surface area contributed by atoms with E-state index in [1.165, 1.54) is 15.5 Å². The Hall–Kier alpha value is -0.960. The van der Waals surface area contributed by atoms with Crippen molar-refractivity contribution in [3.05, 3.63) is 28.1 Å². The van der Waals surface area contributed by atoms with E-state index >= 15 is 0 Å². The minimum absolute atomic E-state index is 0.856. The highest BCUT2D eigenvalue weighted by molar-refractivity contribution is 7.13. The first kappa shape index (κ1) is 7.68. The first-order valence-electron chi connectivity index (χ1n) is 4.16. The highest BCUT2D eigenvalue weighted by Gasteiger charge is 2.07. The minimum atomic E-state index is 0.856. The van der Waals surface area contributed by atoms with Gasteiger partial charge in [-0.05, 0) is 18.6 Å². The van der Waals surface area contributed by atoms with E-state index in [2.05, 4.69) is 29.7 Å². The Labute approximate surface area is 76.3 Å². The molecule has 1 aliphatic heterocycles. The van der Waals surface area contributed by atoms with E-state index in [1.54, 1.807) is 0 Å². The fourth-order valence-corrected chi connectivity index (χ4v) is 2.16. The molecule has 0 spiro atoms. The predicted molar refractivity (Wildman–Crippen MR) is 52.8 cm³/mol. The third-order valence-corrected chi connectivity index (χ3v) is 3.17. The molecular weight excluding hydrogens is 168 g/mol. The van der Waals surface area contributed by atoms with Crippen molar-refractivity contribution in [2.75, 3.05) is 6.67 Å². The van der Waals surface area contributed by atoms with Crippen molar-refractivity contribution in [1.29, 1.82) is 0 Å². The summed E-state index contributed by atoms with van der Waals surface area (Å²) in [6, 6.07) is 4.37. The molecule has 0 saturated heterocycles. The summed E-state index contributed by atoms with van der Waals surface area (Å²) in [7, 11) is 0. The van der Waals surface area contributed by atoms with Crippen molar-refractivity contribution in [3.63, 3.8) is 0 Å². The molecule has 12 heavy (non-hydrogen) atoms. The quantitative estimate of drug-likeness (QED) is 0.724. The highest BCUT2D eigenvalue weighted by atomic mass is 32.1. The van der Waals surface area contributed by atoms with E-state index < -0.39 is 0 Å². The predicted octanol–water partition coefficient (Wildman–Crippen LogP) is 1.76. The van der Waals surface area contributed by atoms with Gasteiger partial charge in [0.15, 0.2) is 0 Å². The fourth-order valence-electron chi connectivity index (χ4n) is 1.22. The van der Waals surface area contributed by atoms with Crippen LogP contribution in [0.3, 0.4) is 0 Å². The molecule has 0 radical (unpaired) electrons. The van der Waals surface area contributed by atoms with E-state index in [0.29, 0.717) is 0 Å². The Morgan fingerprint density at radius 2 is 2.42 bits per heavy atom. The van der Waals surface area contributed by atoms with E-state index in [-0.39, 0.29) is 0 Å². The van der Waals surface area contributed by atoms with Crippen LogP contribution in [0.1, 0.15) is 16.7 Å². The Kier molecular flexibility index (Phi) is 2.04. The van der Waals surface area contributed by atoms with Crippen LogP contribution in [0.15, 0.2) is 18.3 Å². The van der Waals surface area contributed by atoms with Gasteiger partial charge in [0.25, 0.3) is 0 Å². The van der Waals surface area contributed by atoms with Gasteiger partial charge in [0.2, 0.25) is 0 Å². The van der Waals surface area contributed by atoms with E-state index in [0.717, 1.165) is 13.1 Å². The Bertz CT molecular complexity index is 301. The molecule has 0 aliphatic carbocycles. The maximum absolute atomic E-state index is 3.27. The summed E-state index contributed by atoms with van der Waals surface area (Å²) >= 11 is 1.86. The van der Waals surface area contributed by atoms with E-state index in [4.69, 9.17) is 0 Å². The van der Waals surface area contributed by atoms with Gasteiger partial charge in [-0.25, -0.2) is 0 Å². The maximum atomic E-state index is 3.27. The maximum Gasteiger partial charge on any atom is 0.0846 e. The van der Waals surface area contributed by atoms with Crippen LogP contribution in [0.5, 0.6) is 0 Å². The van der Waals surface area contributed by atoms with Gasteiger partial charge in [-0.3, -0.25) is 0 Å². The molecule has 0 amide bonds. The molecule has 0 aromatic carbocycles. The molecule has 1 aromatic rings. The molecule has 0 atom stereocenters. The molecule has 0 bridgehead atoms. The molecule has 3 heteroatoms. The number of hydrogen-bond donors (Lipinski definition) is 2. The third kappa shape index (κ3) is 1.32. The highest BCUT2D eigenvalue weighted by Crippen LogP contribution is 2.23. The van der Waals surface area contributed by atoms with E-state index in [1.807, 2.05) is 17.5 Å². The first-order valence-corrected chi connectivity index (χ1v) is 4.98. The van der Waals surface area contributed by atoms with Crippen LogP contribution in [0.2, 0.25) is 0 Å². The number of nitrogens with one attached hydrogen (secondary N) is 2. The van der Waals surface area contributed by atoms with Crippen LogP contribution in [0.25, 0.3) is 5.70 Å². The first-order chi connectivity index (χ1) is 5.90. The zero-order chi connectivity index (χ0) is 8.39. The van der Waals surface area contributed by atoms with Gasteiger partial charge >= 0.3 is 0 Å². The van der Waals surface area contributed by atoms with Crippen molar-refractivity contribution < 1.29 is 0 Å². The van der Waals surface area contributed by atoms with Gasteiger partial charge in [0, 0.05) is 11.1 Å². The number of hydrogen-bond acceptors (Lipinski definition) is 3. The molecule has 2 N–H and O–H groups in total. The number of rotatable bonds is 2. The molecular formula is C9H12N2S. The fraction of sp³-hybridized carbons (Fsp3) is 0.333. The Morgan fingerprint density at radius 1 is 1.50 bits per heavy atom. The smallest absolute Gasteiger partial charge is 0.0846 e. The lowest BCUT2D eigenvalue weighted by atomic mass is 10.3. The molecule has 2 rings (SSSR count). The summed E-state index contributed by atoms with van der Waals surface area (Å²) in [4.78, 5) is 2.77. The third-order valence-electron chi connectivity index (χ3n) is 1.90. The van der Waals surface area contributed by atoms with Gasteiger partial charge in [-0.1, -0.05) is 6.92 Å². The number of thiophene rings is 1. The summed E-state index contributed by atoms with van der Waals surface area (Å²) in [6.45, 7) is 3.04. The van der Waals surface area contributed by atoms with Crippen molar-refractivity contribution in [2.24, 2.45) is 0 Å². The minimum Gasteiger partial charge on any atom is -0.372 e. The van der Waals surface area contributed by atoms with Crippen LogP contribution in [0.4, 0.5) is 0 Å². The van der Waals surface area contributed by atoms with Crippen LogP contribution < -0.4 is 10.6 Å². The lowest BCUT2D eigenvalue weighted by molar-refractivity contribution is 0.843. The molecule has 64 valence electrons. The van der Waals surface area contributed by atoms with Gasteiger partial charge in [-0.2, -0.15) is 0 Å². The molecule has 2 heterocycles. The largest absolute Gasteiger partial charge is 0.372 e. The summed E-state index contributed by atoms with van der Waals surface area (Å²) in [5.41, 5.74) is 1.22. The van der Waals surface area contributed by atoms with Gasteiger partial charge in [0.05, 0.1) is 17.2 Å². The average molecular weight is 180 g/mol. The number of aryl methyl sites for hydroxylation is 1. The Morgan fingerprint density at radius 3 is 3.00 bits per heavy atom. The average Bonchev–Trinajstić information content (AvgIpc) is 2.75. The van der Waals surface area contributed by atoms with Gasteiger partial charge in [-0.15, -0.1) is 11.3 Å². The van der Waals surface area contributed by atoms with Crippen molar-refractivity contribution in [3.8, 4) is 0 Å². The topological polar surface area (TPSA) is 24.1 Å². The summed E-state index contributed by atoms with van der Waals surface area (Å²) in [5, 5.41) is 6.40. The summed E-state index contributed by atoms with van der Waals surface area (Å²) in [6.07, 6.45) is 3.16. The SMILES string of the molecule is CCc1ccc(C2=CNCN2)s1. The zero-order valence-electron chi connectivity index (χ0n) is 7.05. The van der Waals surface area contributed by atoms with Crippen LogP contribution in [-0.4, -0.2) is 6.67 Å². The lowest BCUT2D eigenvalue weighted by Gasteiger charge is -1.96. The van der Waals surface area contributed by atoms with Crippen molar-refractivity contribution in [2.45, 2.75) is 13.3 Å². The Balaban J connectivity index is 2.22. The van der Waals surface area contributed by atoms with Crippen molar-refractivity contribution in [1.82, 2.24) is 10.6 Å². The second kappa shape index (κ2) is 3.19. The standard InChI is InChI=1S/C9H12N2S/c1-2-7-3-4-9(12-7)8-5-10-6-11-8/h3-5,10-11H,2,6H2,1H3. The second-order valence-corrected chi connectivity index (χ2v) is 3.90. The van der Waals surface area contributed by atoms with Gasteiger partial charge < -0.3 is 10.6 Å². The summed E-state index contributed by atoms with van der Waals surface area (Å²) in [5.74, 6) is 0. The lowest BCUT2D eigenvalue weighted by Crippen LogP contribution is -2.13. The zero-order valence-corrected chi connectivity index (χ0v) is 7.87. The normalized spacial score (nSPS) is 15.2. The van der Waals surface area contributed by atoms with Crippen LogP contribution >= 0.6 is 11.3 Å². The van der Waals surface area contributed by atoms with Gasteiger partial charge in [0.1, 0.15) is 0 Å². The second-order valence-electron chi connectivity index (χ2n) is 2.74. The summed E-state index contributed by atoms with van der Waals surface area (Å²) < 4.78 is 0. The molecule has 2 nitrogen and oxygen atoms in total. The van der Waals surface area contributed by atoms with Crippen molar-refractivity contribution >= 4 is 17.0 Å². The molecule has 0 fully saturated rings. The molecule has 1 aliphatic rings. The molecule has 0 saturated carbocycles. The van der Waals surface area contributed by atoms with Crippen LogP contribution in [-0.2, 0) is 6.42 Å². The molecule has 1 aromatic heterocycles. The molecule has 0 unspecified atom stereocenters. The van der Waals surface area contributed by atoms with E-state index in [9.17, 15) is 0 Å².